The van der Waals surface area contributed by atoms with Gasteiger partial charge in [0.1, 0.15) is 7.05 Å². The maximum absolute atomic E-state index is 2.36. The monoisotopic (exact) mass is 320 g/mol. The molecule has 0 unspecified atom stereocenters. The maximum atomic E-state index is 2.36. The van der Waals surface area contributed by atoms with Gasteiger partial charge < -0.3 is 2.85 Å². The molecule has 0 amide bonds. The van der Waals surface area contributed by atoms with Crippen LogP contribution in [0, 0.1) is 0 Å². The summed E-state index contributed by atoms with van der Waals surface area (Å²) in [5, 5.41) is 1.50. The zero-order valence-electron chi connectivity index (χ0n) is 10.9. The summed E-state index contributed by atoms with van der Waals surface area (Å²) in [7, 11) is 1.00. The van der Waals surface area contributed by atoms with Crippen LogP contribution in [0.4, 0.5) is 0 Å². The number of halogens is 1. The van der Waals surface area contributed by atoms with Crippen molar-refractivity contribution in [1.29, 1.82) is 0 Å². The molecule has 0 aliphatic heterocycles. The summed E-state index contributed by atoms with van der Waals surface area (Å²) in [4.78, 5) is 0. The van der Waals surface area contributed by atoms with E-state index < -0.39 is 8.07 Å². The molecular formula is C9H19IMgNSi+. The molecule has 72 valence electrons. The molecule has 4 heteroatoms. The summed E-state index contributed by atoms with van der Waals surface area (Å²) in [5.41, 5.74) is 0. The van der Waals surface area contributed by atoms with Gasteiger partial charge in [0, 0.05) is 6.07 Å². The summed E-state index contributed by atoms with van der Waals surface area (Å²) in [6, 6.07) is 6.42. The summed E-state index contributed by atoms with van der Waals surface area (Å²) in [6.07, 6.45) is 2.12. The van der Waals surface area contributed by atoms with Crippen molar-refractivity contribution in [2.24, 2.45) is 7.05 Å². The Morgan fingerprint density at radius 3 is 2.08 bits per heavy atom. The van der Waals surface area contributed by atoms with E-state index >= 15 is 0 Å². The molecule has 0 bridgehead atoms. The number of rotatable bonds is 1. The van der Waals surface area contributed by atoms with Crippen LogP contribution in [-0.2, 0) is 7.05 Å². The van der Waals surface area contributed by atoms with Crippen molar-refractivity contribution in [3.63, 3.8) is 0 Å². The van der Waals surface area contributed by atoms with Crippen molar-refractivity contribution < 1.29 is 7.42 Å². The number of pyridine rings is 1. The smallest absolute Gasteiger partial charge is 1.00 e. The van der Waals surface area contributed by atoms with E-state index in [1.54, 1.807) is 0 Å². The SMILES string of the molecule is C[n+]1ccccc1[Si](C)(C)C.I.[H-].[H-].[Mg+2]. The van der Waals surface area contributed by atoms with Gasteiger partial charge in [-0.3, -0.25) is 0 Å². The Kier molecular flexibility index (Phi) is 7.98. The predicted octanol–water partition coefficient (Wildman–Crippen LogP) is 1.52. The van der Waals surface area contributed by atoms with Gasteiger partial charge in [-0.25, -0.2) is 4.57 Å². The van der Waals surface area contributed by atoms with Gasteiger partial charge in [0.05, 0.1) is 0 Å². The van der Waals surface area contributed by atoms with Gasteiger partial charge in [-0.1, -0.05) is 25.7 Å². The van der Waals surface area contributed by atoms with Gasteiger partial charge in [-0.2, -0.15) is 0 Å². The van der Waals surface area contributed by atoms with Crippen LogP contribution in [0.25, 0.3) is 0 Å². The first kappa shape index (κ1) is 16.3. The Labute approximate surface area is 118 Å². The first-order valence-electron chi connectivity index (χ1n) is 3.97. The Bertz CT molecular complexity index is 269. The quantitative estimate of drug-likeness (QED) is 0.420. The molecule has 1 aromatic heterocycles. The molecule has 0 saturated carbocycles. The molecule has 0 fully saturated rings. The minimum Gasteiger partial charge on any atom is -1.00 e. The molecule has 0 radical (unpaired) electrons. The van der Waals surface area contributed by atoms with Crippen LogP contribution in [-0.4, -0.2) is 31.1 Å². The van der Waals surface area contributed by atoms with Crippen LogP contribution in [0.3, 0.4) is 0 Å². The van der Waals surface area contributed by atoms with E-state index in [0.29, 0.717) is 0 Å². The second kappa shape index (κ2) is 6.37. The number of aryl methyl sites for hydroxylation is 1. The van der Waals surface area contributed by atoms with Crippen LogP contribution in [0.5, 0.6) is 0 Å². The average Bonchev–Trinajstić information content (AvgIpc) is 1.86. The van der Waals surface area contributed by atoms with E-state index in [1.165, 1.54) is 5.32 Å². The zero-order chi connectivity index (χ0) is 8.48. The third-order valence-electron chi connectivity index (χ3n) is 1.82. The van der Waals surface area contributed by atoms with E-state index in [9.17, 15) is 0 Å². The minimum absolute atomic E-state index is 0. The van der Waals surface area contributed by atoms with Crippen LogP contribution in [0.1, 0.15) is 2.85 Å². The molecule has 0 aliphatic rings. The van der Waals surface area contributed by atoms with E-state index in [1.807, 2.05) is 0 Å². The third kappa shape index (κ3) is 4.76. The topological polar surface area (TPSA) is 3.88 Å². The number of hydrogen-bond donors (Lipinski definition) is 0. The first-order valence-corrected chi connectivity index (χ1v) is 7.47. The Hall–Kier alpha value is 0.863. The standard InChI is InChI=1S/C9H16NSi.HI.Mg.2H/c1-10-8-6-5-7-9(10)11(2,3)4;;;;/h5-8H,1-4H3;1H;;;/q+1;;+2;2*-1. The second-order valence-electron chi connectivity index (χ2n) is 3.95. The van der Waals surface area contributed by atoms with E-state index in [-0.39, 0.29) is 49.9 Å². The fourth-order valence-electron chi connectivity index (χ4n) is 1.30. The van der Waals surface area contributed by atoms with Gasteiger partial charge in [0.2, 0.25) is 0 Å². The van der Waals surface area contributed by atoms with Gasteiger partial charge in [0.15, 0.2) is 19.6 Å². The molecule has 0 atom stereocenters. The third-order valence-corrected chi connectivity index (χ3v) is 3.88. The molecule has 13 heavy (non-hydrogen) atoms. The normalized spacial score (nSPS) is 9.85. The first-order chi connectivity index (χ1) is 5.02. The molecule has 1 rings (SSSR count). The summed E-state index contributed by atoms with van der Waals surface area (Å²) in [6.45, 7) is 7.09. The van der Waals surface area contributed by atoms with Crippen molar-refractivity contribution in [2.45, 2.75) is 19.6 Å². The molecular weight excluding hydrogens is 301 g/mol. The van der Waals surface area contributed by atoms with Crippen molar-refractivity contribution in [2.75, 3.05) is 0 Å². The number of aromatic nitrogens is 1. The maximum Gasteiger partial charge on any atom is 2.00 e. The van der Waals surface area contributed by atoms with Gasteiger partial charge in [-0.15, -0.1) is 24.0 Å². The van der Waals surface area contributed by atoms with Gasteiger partial charge >= 0.3 is 23.1 Å². The van der Waals surface area contributed by atoms with Crippen molar-refractivity contribution in [3.05, 3.63) is 24.4 Å². The molecule has 1 aromatic rings. The number of hydrogen-bond acceptors (Lipinski definition) is 0. The molecule has 0 aromatic carbocycles. The Morgan fingerprint density at radius 1 is 1.23 bits per heavy atom. The molecule has 1 heterocycles. The van der Waals surface area contributed by atoms with Crippen molar-refractivity contribution in [3.8, 4) is 0 Å². The fourth-order valence-corrected chi connectivity index (χ4v) is 3.03. The zero-order valence-corrected chi connectivity index (χ0v) is 13.6. The Balaban J connectivity index is -0.000000151. The largest absolute Gasteiger partial charge is 2.00 e. The van der Waals surface area contributed by atoms with Crippen LogP contribution >= 0.6 is 24.0 Å². The van der Waals surface area contributed by atoms with E-state index in [2.05, 4.69) is 55.7 Å². The minimum atomic E-state index is -1.11. The summed E-state index contributed by atoms with van der Waals surface area (Å²) in [5.74, 6) is 0. The summed E-state index contributed by atoms with van der Waals surface area (Å²) >= 11 is 0. The van der Waals surface area contributed by atoms with Gasteiger partial charge in [-0.05, 0) is 6.07 Å². The molecule has 1 nitrogen and oxygen atoms in total. The van der Waals surface area contributed by atoms with Gasteiger partial charge in [0.25, 0.3) is 0 Å². The molecule has 0 aliphatic carbocycles. The fraction of sp³-hybridized carbons (Fsp3) is 0.444. The average molecular weight is 321 g/mol. The number of nitrogens with zero attached hydrogens (tertiary/aromatic N) is 1. The predicted molar refractivity (Wildman–Crippen MR) is 74.0 cm³/mol. The Morgan fingerprint density at radius 2 is 1.77 bits per heavy atom. The van der Waals surface area contributed by atoms with Crippen LogP contribution < -0.4 is 9.88 Å². The van der Waals surface area contributed by atoms with Crippen molar-refractivity contribution >= 4 is 60.4 Å². The van der Waals surface area contributed by atoms with Crippen molar-refractivity contribution in [1.82, 2.24) is 0 Å². The molecule has 0 N–H and O–H groups in total. The summed E-state index contributed by atoms with van der Waals surface area (Å²) < 4.78 is 2.23. The molecule has 0 saturated heterocycles. The van der Waals surface area contributed by atoms with E-state index in [0.717, 1.165) is 0 Å². The second-order valence-corrected chi connectivity index (χ2v) is 8.96. The van der Waals surface area contributed by atoms with E-state index in [4.69, 9.17) is 0 Å². The molecule has 0 spiro atoms. The van der Waals surface area contributed by atoms with Crippen LogP contribution in [0.15, 0.2) is 24.4 Å². The van der Waals surface area contributed by atoms with Crippen LogP contribution in [0.2, 0.25) is 19.6 Å².